The van der Waals surface area contributed by atoms with Crippen LogP contribution in [0.4, 0.5) is 5.69 Å². The maximum atomic E-state index is 9.56. The first-order valence-corrected chi connectivity index (χ1v) is 8.45. The van der Waals surface area contributed by atoms with Crippen LogP contribution in [-0.4, -0.2) is 27.3 Å². The van der Waals surface area contributed by atoms with E-state index in [1.165, 1.54) is 12.8 Å². The number of benzene rings is 2. The fourth-order valence-electron chi connectivity index (χ4n) is 3.18. The number of rotatable bonds is 5. The molecule has 0 bridgehead atoms. The van der Waals surface area contributed by atoms with E-state index in [1.807, 2.05) is 48.5 Å². The van der Waals surface area contributed by atoms with E-state index in [1.54, 1.807) is 14.2 Å². The van der Waals surface area contributed by atoms with Gasteiger partial charge in [-0.15, -0.1) is 0 Å². The summed E-state index contributed by atoms with van der Waals surface area (Å²) in [7, 11) is 3.33. The van der Waals surface area contributed by atoms with Crippen LogP contribution in [0.15, 0.2) is 42.5 Å². The van der Waals surface area contributed by atoms with Gasteiger partial charge in [-0.2, -0.15) is 5.26 Å². The summed E-state index contributed by atoms with van der Waals surface area (Å²) in [6.45, 7) is 2.06. The summed E-state index contributed by atoms with van der Waals surface area (Å²) in [5.74, 6) is 1.55. The Labute approximate surface area is 148 Å². The van der Waals surface area contributed by atoms with Gasteiger partial charge in [0.1, 0.15) is 11.5 Å². The average molecular weight is 334 g/mol. The number of ether oxygens (including phenoxy) is 2. The zero-order valence-electron chi connectivity index (χ0n) is 14.7. The highest BCUT2D eigenvalue weighted by Gasteiger charge is 2.19. The molecule has 0 aliphatic carbocycles. The first-order chi connectivity index (χ1) is 12.3. The van der Waals surface area contributed by atoms with Crippen molar-refractivity contribution in [2.45, 2.75) is 12.8 Å². The van der Waals surface area contributed by atoms with Crippen LogP contribution in [0, 0.1) is 11.3 Å². The van der Waals surface area contributed by atoms with Crippen molar-refractivity contribution < 1.29 is 9.47 Å². The van der Waals surface area contributed by atoms with Crippen LogP contribution in [0.3, 0.4) is 0 Å². The lowest BCUT2D eigenvalue weighted by Gasteiger charge is -2.22. The van der Waals surface area contributed by atoms with Crippen LogP contribution in [0.25, 0.3) is 11.6 Å². The molecule has 0 radical (unpaired) electrons. The van der Waals surface area contributed by atoms with Gasteiger partial charge in [-0.25, -0.2) is 0 Å². The van der Waals surface area contributed by atoms with Crippen molar-refractivity contribution in [3.05, 3.63) is 53.6 Å². The monoisotopic (exact) mass is 334 g/mol. The number of hydrogen-bond acceptors (Lipinski definition) is 4. The number of allylic oxidation sites excluding steroid dienone is 1. The van der Waals surface area contributed by atoms with Crippen LogP contribution in [0.5, 0.6) is 11.5 Å². The second-order valence-electron chi connectivity index (χ2n) is 6.00. The average Bonchev–Trinajstić information content (AvgIpc) is 3.20. The van der Waals surface area contributed by atoms with Gasteiger partial charge in [-0.05, 0) is 30.5 Å². The van der Waals surface area contributed by atoms with E-state index in [-0.39, 0.29) is 0 Å². The smallest absolute Gasteiger partial charge is 0.143 e. The van der Waals surface area contributed by atoms with Crippen LogP contribution >= 0.6 is 0 Å². The van der Waals surface area contributed by atoms with Gasteiger partial charge < -0.3 is 14.4 Å². The second-order valence-corrected chi connectivity index (χ2v) is 6.00. The SMILES string of the molecule is COc1cc(N2CCCC2)c(OC)cc1/C=C(\C#N)c1ccccc1. The van der Waals surface area contributed by atoms with Gasteiger partial charge >= 0.3 is 0 Å². The standard InChI is InChI=1S/C21H22N2O2/c1-24-20-14-19(23-10-6-7-11-23)21(25-2)13-17(20)12-18(15-22)16-8-4-3-5-9-16/h3-5,8-9,12-14H,6-7,10-11H2,1-2H3/b18-12+. The van der Waals surface area contributed by atoms with E-state index in [0.29, 0.717) is 5.57 Å². The number of hydrogen-bond donors (Lipinski definition) is 0. The molecule has 0 aromatic heterocycles. The van der Waals surface area contributed by atoms with E-state index < -0.39 is 0 Å². The molecule has 1 heterocycles. The zero-order valence-corrected chi connectivity index (χ0v) is 14.7. The van der Waals surface area contributed by atoms with Crippen LogP contribution in [-0.2, 0) is 0 Å². The molecule has 1 saturated heterocycles. The fraction of sp³-hybridized carbons (Fsp3) is 0.286. The first kappa shape index (κ1) is 16.9. The highest BCUT2D eigenvalue weighted by atomic mass is 16.5. The van der Waals surface area contributed by atoms with Crippen LogP contribution in [0.1, 0.15) is 24.0 Å². The molecule has 0 amide bonds. The van der Waals surface area contributed by atoms with Gasteiger partial charge in [0, 0.05) is 24.7 Å². The quantitative estimate of drug-likeness (QED) is 0.602. The molecule has 0 atom stereocenters. The Morgan fingerprint density at radius 2 is 1.72 bits per heavy atom. The Morgan fingerprint density at radius 3 is 2.32 bits per heavy atom. The molecule has 25 heavy (non-hydrogen) atoms. The fourth-order valence-corrected chi connectivity index (χ4v) is 3.18. The lowest BCUT2D eigenvalue weighted by molar-refractivity contribution is 0.402. The lowest BCUT2D eigenvalue weighted by atomic mass is 10.0. The second kappa shape index (κ2) is 7.76. The minimum Gasteiger partial charge on any atom is -0.496 e. The summed E-state index contributed by atoms with van der Waals surface area (Å²) in [4.78, 5) is 2.32. The number of methoxy groups -OCH3 is 2. The molecule has 1 fully saturated rings. The summed E-state index contributed by atoms with van der Waals surface area (Å²) in [6, 6.07) is 15.9. The Balaban J connectivity index is 2.06. The normalized spacial score (nSPS) is 14.3. The van der Waals surface area contributed by atoms with Gasteiger partial charge in [0.05, 0.1) is 31.5 Å². The molecule has 2 aromatic rings. The van der Waals surface area contributed by atoms with Crippen LogP contribution in [0.2, 0.25) is 0 Å². The van der Waals surface area contributed by atoms with Crippen molar-refractivity contribution in [2.75, 3.05) is 32.2 Å². The summed E-state index contributed by atoms with van der Waals surface area (Å²) in [6.07, 6.45) is 4.24. The van der Waals surface area contributed by atoms with Crippen molar-refractivity contribution in [2.24, 2.45) is 0 Å². The highest BCUT2D eigenvalue weighted by Crippen LogP contribution is 2.38. The molecule has 0 saturated carbocycles. The van der Waals surface area contributed by atoms with Crippen molar-refractivity contribution in [1.29, 1.82) is 5.26 Å². The molecule has 1 aliphatic heterocycles. The molecule has 1 aliphatic rings. The van der Waals surface area contributed by atoms with Crippen LogP contribution < -0.4 is 14.4 Å². The molecule has 0 N–H and O–H groups in total. The van der Waals surface area contributed by atoms with Crippen molar-refractivity contribution in [3.63, 3.8) is 0 Å². The maximum Gasteiger partial charge on any atom is 0.143 e. The van der Waals surface area contributed by atoms with Gasteiger partial charge in [-0.1, -0.05) is 30.3 Å². The molecule has 4 heteroatoms. The van der Waals surface area contributed by atoms with E-state index >= 15 is 0 Å². The minimum absolute atomic E-state index is 0.592. The van der Waals surface area contributed by atoms with Crippen molar-refractivity contribution in [1.82, 2.24) is 0 Å². The molecule has 128 valence electrons. The third kappa shape index (κ3) is 3.61. The Kier molecular flexibility index (Phi) is 5.25. The van der Waals surface area contributed by atoms with E-state index in [2.05, 4.69) is 11.0 Å². The molecule has 3 rings (SSSR count). The molecule has 4 nitrogen and oxygen atoms in total. The van der Waals surface area contributed by atoms with Gasteiger partial charge in [0.25, 0.3) is 0 Å². The highest BCUT2D eigenvalue weighted by molar-refractivity contribution is 5.91. The zero-order chi connectivity index (χ0) is 17.6. The van der Waals surface area contributed by atoms with E-state index in [4.69, 9.17) is 9.47 Å². The first-order valence-electron chi connectivity index (χ1n) is 8.45. The van der Waals surface area contributed by atoms with Gasteiger partial charge in [-0.3, -0.25) is 0 Å². The van der Waals surface area contributed by atoms with E-state index in [9.17, 15) is 5.26 Å². The molecule has 0 unspecified atom stereocenters. The Hall–Kier alpha value is -2.93. The van der Waals surface area contributed by atoms with Crippen molar-refractivity contribution in [3.8, 4) is 17.6 Å². The molecule has 2 aromatic carbocycles. The summed E-state index contributed by atoms with van der Waals surface area (Å²) < 4.78 is 11.2. The predicted molar refractivity (Wildman–Crippen MR) is 101 cm³/mol. The topological polar surface area (TPSA) is 45.5 Å². The summed E-state index contributed by atoms with van der Waals surface area (Å²) in [5.41, 5.74) is 3.36. The molecule has 0 spiro atoms. The third-order valence-electron chi connectivity index (χ3n) is 4.48. The third-order valence-corrected chi connectivity index (χ3v) is 4.48. The largest absolute Gasteiger partial charge is 0.496 e. The maximum absolute atomic E-state index is 9.56. The summed E-state index contributed by atoms with van der Waals surface area (Å²) in [5, 5.41) is 9.56. The van der Waals surface area contributed by atoms with E-state index in [0.717, 1.165) is 41.4 Å². The molecular formula is C21H22N2O2. The minimum atomic E-state index is 0.592. The van der Waals surface area contributed by atoms with Gasteiger partial charge in [0.2, 0.25) is 0 Å². The molecular weight excluding hydrogens is 312 g/mol. The summed E-state index contributed by atoms with van der Waals surface area (Å²) >= 11 is 0. The number of nitrogens with zero attached hydrogens (tertiary/aromatic N) is 2. The lowest BCUT2D eigenvalue weighted by Crippen LogP contribution is -2.18. The van der Waals surface area contributed by atoms with Crippen molar-refractivity contribution >= 4 is 17.3 Å². The van der Waals surface area contributed by atoms with Gasteiger partial charge in [0.15, 0.2) is 0 Å². The number of nitriles is 1. The Bertz CT molecular complexity index is 801. The Morgan fingerprint density at radius 1 is 1.04 bits per heavy atom. The number of anilines is 1. The predicted octanol–water partition coefficient (Wildman–Crippen LogP) is 4.37.